The Morgan fingerprint density at radius 3 is 2.50 bits per heavy atom. The molecule has 1 saturated heterocycles. The summed E-state index contributed by atoms with van der Waals surface area (Å²) < 4.78 is 18.7. The van der Waals surface area contributed by atoms with Gasteiger partial charge in [0, 0.05) is 29.9 Å². The Balaban J connectivity index is 1.54. The molecule has 2 heterocycles. The van der Waals surface area contributed by atoms with Crippen molar-refractivity contribution < 1.29 is 23.2 Å². The highest BCUT2D eigenvalue weighted by Crippen LogP contribution is 2.30. The lowest BCUT2D eigenvalue weighted by molar-refractivity contribution is -0.141. The summed E-state index contributed by atoms with van der Waals surface area (Å²) in [6.07, 6.45) is 6.86. The van der Waals surface area contributed by atoms with Gasteiger partial charge >= 0.3 is 0 Å². The molecule has 0 unspecified atom stereocenters. The first-order valence-corrected chi connectivity index (χ1v) is 14.1. The van der Waals surface area contributed by atoms with E-state index < -0.39 is 23.9 Å². The number of carbonyl (C=O) groups excluding carboxylic acids is 3. The van der Waals surface area contributed by atoms with E-state index in [2.05, 4.69) is 27.8 Å². The molecule has 4 atom stereocenters. The van der Waals surface area contributed by atoms with Crippen LogP contribution in [0.5, 0.6) is 0 Å². The molecule has 40 heavy (non-hydrogen) atoms. The molecule has 1 aliphatic carbocycles. The first kappa shape index (κ1) is 29.3. The number of carbonyl (C=O) groups is 3. The van der Waals surface area contributed by atoms with E-state index in [1.165, 1.54) is 30.5 Å². The van der Waals surface area contributed by atoms with Crippen LogP contribution in [0.25, 0.3) is 0 Å². The van der Waals surface area contributed by atoms with Gasteiger partial charge in [-0.25, -0.2) is 4.39 Å². The van der Waals surface area contributed by atoms with Crippen LogP contribution in [0.1, 0.15) is 61.6 Å². The van der Waals surface area contributed by atoms with Crippen molar-refractivity contribution in [3.63, 3.8) is 0 Å². The molecule has 4 rings (SSSR count). The molecule has 1 aliphatic heterocycles. The Morgan fingerprint density at radius 1 is 1.12 bits per heavy atom. The Hall–Kier alpha value is -3.66. The maximum atomic E-state index is 14.2. The summed E-state index contributed by atoms with van der Waals surface area (Å²) in [5.41, 5.74) is 1.02. The molecule has 1 saturated carbocycles. The maximum absolute atomic E-state index is 14.2. The normalized spacial score (nSPS) is 20.9. The van der Waals surface area contributed by atoms with Crippen LogP contribution in [-0.4, -0.2) is 60.4 Å². The van der Waals surface area contributed by atoms with E-state index >= 15 is 0 Å². The van der Waals surface area contributed by atoms with E-state index in [0.29, 0.717) is 17.0 Å². The largest absolute Gasteiger partial charge is 0.467 e. The highest BCUT2D eigenvalue weighted by Gasteiger charge is 2.44. The number of rotatable bonds is 11. The van der Waals surface area contributed by atoms with Crippen LogP contribution in [0.15, 0.2) is 59.4 Å². The fraction of sp³-hybridized carbons (Fsp3) is 0.500. The minimum Gasteiger partial charge on any atom is -0.467 e. The van der Waals surface area contributed by atoms with Crippen LogP contribution in [-0.2, 0) is 16.1 Å². The second-order valence-corrected chi connectivity index (χ2v) is 10.8. The van der Waals surface area contributed by atoms with Gasteiger partial charge < -0.3 is 30.6 Å². The quantitative estimate of drug-likeness (QED) is 0.340. The molecule has 2 aliphatic rings. The van der Waals surface area contributed by atoms with Crippen LogP contribution in [0, 0.1) is 11.7 Å². The van der Waals surface area contributed by atoms with E-state index in [-0.39, 0.29) is 49.2 Å². The standard InChI is InChI=1S/C30H40FN5O4/c1-19(32-3)20(2)34-27(21-8-5-4-6-9-21)30(39)36-18-24(35-28(37)22-11-13-23(31)14-12-22)16-26(36)29(38)33-17-25-10-7-15-40-25/h7,10-15,19,21,24,26-27,32,34H,2,4-6,8-9,16-18H2,1,3H3,(H,33,38)(H,35,37)/t19-,24-,26-,27-/m0/s1. The number of nitrogens with zero attached hydrogens (tertiary/aromatic N) is 1. The molecule has 0 radical (unpaired) electrons. The molecule has 2 aromatic rings. The van der Waals surface area contributed by atoms with Gasteiger partial charge in [0.05, 0.1) is 12.8 Å². The van der Waals surface area contributed by atoms with E-state index in [9.17, 15) is 18.8 Å². The number of benzene rings is 1. The molecule has 2 fully saturated rings. The van der Waals surface area contributed by atoms with Gasteiger partial charge in [-0.3, -0.25) is 14.4 Å². The Labute approximate surface area is 234 Å². The van der Waals surface area contributed by atoms with Crippen molar-refractivity contribution in [1.82, 2.24) is 26.2 Å². The molecule has 1 aromatic carbocycles. The summed E-state index contributed by atoms with van der Waals surface area (Å²) >= 11 is 0. The molecule has 216 valence electrons. The van der Waals surface area contributed by atoms with Crippen LogP contribution in [0.3, 0.4) is 0 Å². The number of hydrogen-bond donors (Lipinski definition) is 4. The maximum Gasteiger partial charge on any atom is 0.251 e. The van der Waals surface area contributed by atoms with Gasteiger partial charge in [0.25, 0.3) is 5.91 Å². The average Bonchev–Trinajstić information content (AvgIpc) is 3.65. The van der Waals surface area contributed by atoms with E-state index in [0.717, 1.165) is 32.1 Å². The Bertz CT molecular complexity index is 1160. The van der Waals surface area contributed by atoms with Gasteiger partial charge in [0.1, 0.15) is 23.7 Å². The molecule has 4 N–H and O–H groups in total. The lowest BCUT2D eigenvalue weighted by atomic mass is 9.83. The van der Waals surface area contributed by atoms with Crippen LogP contribution < -0.4 is 21.3 Å². The summed E-state index contributed by atoms with van der Waals surface area (Å²) in [7, 11) is 1.84. The summed E-state index contributed by atoms with van der Waals surface area (Å²) in [6.45, 7) is 6.51. The summed E-state index contributed by atoms with van der Waals surface area (Å²) in [5.74, 6) is -0.586. The third-order valence-corrected chi connectivity index (χ3v) is 8.03. The predicted molar refractivity (Wildman–Crippen MR) is 149 cm³/mol. The molecule has 10 heteroatoms. The van der Waals surface area contributed by atoms with Crippen molar-refractivity contribution in [3.05, 3.63) is 72.1 Å². The smallest absolute Gasteiger partial charge is 0.251 e. The first-order chi connectivity index (χ1) is 19.3. The number of halogens is 1. The molecule has 9 nitrogen and oxygen atoms in total. The summed E-state index contributed by atoms with van der Waals surface area (Å²) in [4.78, 5) is 42.1. The fourth-order valence-electron chi connectivity index (χ4n) is 5.53. The van der Waals surface area contributed by atoms with Crippen molar-refractivity contribution >= 4 is 17.7 Å². The molecular formula is C30H40FN5O4. The SMILES string of the molecule is C=C(N[C@H](C(=O)N1C[C@@H](NC(=O)c2ccc(F)cc2)C[C@H]1C(=O)NCc1ccco1)C1CCCCC1)[C@H](C)NC. The van der Waals surface area contributed by atoms with E-state index in [1.54, 1.807) is 17.0 Å². The number of nitrogens with one attached hydrogen (secondary N) is 4. The second-order valence-electron chi connectivity index (χ2n) is 10.8. The minimum atomic E-state index is -0.774. The Kier molecular flexibility index (Phi) is 9.98. The van der Waals surface area contributed by atoms with Crippen molar-refractivity contribution in [3.8, 4) is 0 Å². The third kappa shape index (κ3) is 7.29. The first-order valence-electron chi connectivity index (χ1n) is 14.1. The molecular weight excluding hydrogens is 513 g/mol. The van der Waals surface area contributed by atoms with Gasteiger partial charge in [-0.1, -0.05) is 25.8 Å². The number of amides is 3. The molecule has 0 spiro atoms. The van der Waals surface area contributed by atoms with Gasteiger partial charge in [-0.05, 0) is 75.5 Å². The van der Waals surface area contributed by atoms with Gasteiger partial charge in [-0.2, -0.15) is 0 Å². The predicted octanol–water partition coefficient (Wildman–Crippen LogP) is 3.09. The number of hydrogen-bond acceptors (Lipinski definition) is 6. The molecule has 1 aromatic heterocycles. The molecule has 3 amide bonds. The fourth-order valence-corrected chi connectivity index (χ4v) is 5.53. The summed E-state index contributed by atoms with van der Waals surface area (Å²) in [6, 6.07) is 6.97. The van der Waals surface area contributed by atoms with Gasteiger partial charge in [-0.15, -0.1) is 0 Å². The zero-order valence-corrected chi connectivity index (χ0v) is 23.3. The zero-order chi connectivity index (χ0) is 28.6. The van der Waals surface area contributed by atoms with Gasteiger partial charge in [0.15, 0.2) is 0 Å². The zero-order valence-electron chi connectivity index (χ0n) is 23.3. The highest BCUT2D eigenvalue weighted by atomic mass is 19.1. The van der Waals surface area contributed by atoms with Crippen molar-refractivity contribution in [2.24, 2.45) is 5.92 Å². The highest BCUT2D eigenvalue weighted by molar-refractivity contribution is 5.95. The minimum absolute atomic E-state index is 0.0485. The van der Waals surface area contributed by atoms with Crippen LogP contribution in [0.4, 0.5) is 4.39 Å². The van der Waals surface area contributed by atoms with Crippen molar-refractivity contribution in [2.75, 3.05) is 13.6 Å². The lowest BCUT2D eigenvalue weighted by Gasteiger charge is -2.36. The summed E-state index contributed by atoms with van der Waals surface area (Å²) in [5, 5.41) is 12.4. The van der Waals surface area contributed by atoms with Crippen molar-refractivity contribution in [1.29, 1.82) is 0 Å². The van der Waals surface area contributed by atoms with Gasteiger partial charge in [0.2, 0.25) is 11.8 Å². The van der Waals surface area contributed by atoms with Crippen LogP contribution in [0.2, 0.25) is 0 Å². The monoisotopic (exact) mass is 553 g/mol. The number of furan rings is 1. The van der Waals surface area contributed by atoms with E-state index in [1.807, 2.05) is 14.0 Å². The third-order valence-electron chi connectivity index (χ3n) is 8.03. The Morgan fingerprint density at radius 2 is 1.85 bits per heavy atom. The second kappa shape index (κ2) is 13.6. The lowest BCUT2D eigenvalue weighted by Crippen LogP contribution is -2.55. The number of likely N-dealkylation sites (N-methyl/N-ethyl adjacent to an activating group) is 1. The molecule has 0 bridgehead atoms. The van der Waals surface area contributed by atoms with E-state index in [4.69, 9.17) is 4.42 Å². The topological polar surface area (TPSA) is 116 Å². The van der Waals surface area contributed by atoms with Crippen LogP contribution >= 0.6 is 0 Å². The average molecular weight is 554 g/mol. The number of likely N-dealkylation sites (tertiary alicyclic amines) is 1. The van der Waals surface area contributed by atoms with Crippen molar-refractivity contribution in [2.45, 2.75) is 76.2 Å².